The van der Waals surface area contributed by atoms with E-state index < -0.39 is 0 Å². The maximum Gasteiger partial charge on any atom is 0.260 e. The Morgan fingerprint density at radius 2 is 2.15 bits per heavy atom. The molecular formula is C20H19ClN2O3S. The lowest BCUT2D eigenvalue weighted by molar-refractivity contribution is 0.0917. The molecule has 7 heteroatoms. The van der Waals surface area contributed by atoms with E-state index in [0.717, 1.165) is 35.4 Å². The minimum absolute atomic E-state index is 0.0304. The van der Waals surface area contributed by atoms with Crippen molar-refractivity contribution in [3.63, 3.8) is 0 Å². The van der Waals surface area contributed by atoms with Crippen LogP contribution >= 0.6 is 22.9 Å². The predicted octanol–water partition coefficient (Wildman–Crippen LogP) is 4.78. The van der Waals surface area contributed by atoms with Crippen LogP contribution in [0.2, 0.25) is 5.02 Å². The number of methoxy groups -OCH3 is 1. The fourth-order valence-corrected chi connectivity index (χ4v) is 4.21. The van der Waals surface area contributed by atoms with E-state index in [1.54, 1.807) is 36.3 Å². The Balaban J connectivity index is 1.70. The van der Waals surface area contributed by atoms with Gasteiger partial charge < -0.3 is 9.47 Å². The van der Waals surface area contributed by atoms with Gasteiger partial charge in [0.1, 0.15) is 5.75 Å². The molecule has 4 rings (SSSR count). The normalized spacial score (nSPS) is 16.6. The van der Waals surface area contributed by atoms with Gasteiger partial charge in [-0.2, -0.15) is 0 Å². The minimum Gasteiger partial charge on any atom is -0.497 e. The highest BCUT2D eigenvalue weighted by molar-refractivity contribution is 7.22. The topological polar surface area (TPSA) is 51.7 Å². The van der Waals surface area contributed by atoms with Crippen molar-refractivity contribution < 1.29 is 14.3 Å². The number of rotatable bonds is 5. The molecular weight excluding hydrogens is 384 g/mol. The molecule has 0 N–H and O–H groups in total. The quantitative estimate of drug-likeness (QED) is 0.616. The summed E-state index contributed by atoms with van der Waals surface area (Å²) >= 11 is 7.46. The van der Waals surface area contributed by atoms with Gasteiger partial charge in [-0.3, -0.25) is 9.69 Å². The number of nitrogens with zero attached hydrogens (tertiary/aromatic N) is 2. The van der Waals surface area contributed by atoms with Gasteiger partial charge in [-0.1, -0.05) is 22.9 Å². The summed E-state index contributed by atoms with van der Waals surface area (Å²) in [7, 11) is 1.63. The van der Waals surface area contributed by atoms with E-state index in [0.29, 0.717) is 22.3 Å². The zero-order valence-electron chi connectivity index (χ0n) is 14.9. The van der Waals surface area contributed by atoms with E-state index in [-0.39, 0.29) is 12.0 Å². The molecule has 0 saturated carbocycles. The van der Waals surface area contributed by atoms with E-state index in [9.17, 15) is 4.79 Å². The molecule has 0 bridgehead atoms. The summed E-state index contributed by atoms with van der Waals surface area (Å²) in [4.78, 5) is 19.6. The molecule has 1 aromatic heterocycles. The van der Waals surface area contributed by atoms with Crippen LogP contribution in [-0.4, -0.2) is 37.3 Å². The van der Waals surface area contributed by atoms with Crippen LogP contribution in [0.4, 0.5) is 5.13 Å². The smallest absolute Gasteiger partial charge is 0.260 e. The molecule has 27 heavy (non-hydrogen) atoms. The first-order chi connectivity index (χ1) is 13.1. The lowest BCUT2D eigenvalue weighted by Gasteiger charge is -2.23. The fourth-order valence-electron chi connectivity index (χ4n) is 3.13. The summed E-state index contributed by atoms with van der Waals surface area (Å²) in [5.41, 5.74) is 1.39. The number of carbonyl (C=O) groups excluding carboxylic acids is 1. The van der Waals surface area contributed by atoms with Gasteiger partial charge >= 0.3 is 0 Å². The Morgan fingerprint density at radius 1 is 1.33 bits per heavy atom. The third kappa shape index (κ3) is 3.93. The van der Waals surface area contributed by atoms with Crippen LogP contribution in [0.25, 0.3) is 10.2 Å². The average molecular weight is 403 g/mol. The van der Waals surface area contributed by atoms with Crippen molar-refractivity contribution in [2.75, 3.05) is 25.2 Å². The van der Waals surface area contributed by atoms with E-state index >= 15 is 0 Å². The van der Waals surface area contributed by atoms with Crippen LogP contribution in [0.5, 0.6) is 5.75 Å². The molecule has 1 saturated heterocycles. The Bertz CT molecular complexity index is 952. The number of ether oxygens (including phenoxy) is 2. The summed E-state index contributed by atoms with van der Waals surface area (Å²) in [5, 5.41) is 1.26. The minimum atomic E-state index is -0.104. The molecule has 1 fully saturated rings. The van der Waals surface area contributed by atoms with E-state index in [1.165, 1.54) is 11.3 Å². The summed E-state index contributed by atoms with van der Waals surface area (Å²) < 4.78 is 12.0. The van der Waals surface area contributed by atoms with Crippen LogP contribution in [0.3, 0.4) is 0 Å². The van der Waals surface area contributed by atoms with Crippen molar-refractivity contribution in [2.45, 2.75) is 18.9 Å². The summed E-state index contributed by atoms with van der Waals surface area (Å²) in [6.07, 6.45) is 2.00. The molecule has 0 spiro atoms. The SMILES string of the molecule is COc1ccc2sc(N(CC3CCCO3)C(=O)c3ccc(Cl)cc3)nc2c1. The summed E-state index contributed by atoms with van der Waals surface area (Å²) in [5.74, 6) is 0.641. The molecule has 0 aliphatic carbocycles. The van der Waals surface area contributed by atoms with Gasteiger partial charge in [-0.25, -0.2) is 4.98 Å². The van der Waals surface area contributed by atoms with Gasteiger partial charge in [0.15, 0.2) is 5.13 Å². The molecule has 1 amide bonds. The van der Waals surface area contributed by atoms with Crippen LogP contribution < -0.4 is 9.64 Å². The molecule has 1 unspecified atom stereocenters. The van der Waals surface area contributed by atoms with Crippen LogP contribution in [-0.2, 0) is 4.74 Å². The number of amides is 1. The van der Waals surface area contributed by atoms with Crippen molar-refractivity contribution in [3.8, 4) is 5.75 Å². The zero-order valence-corrected chi connectivity index (χ0v) is 16.4. The van der Waals surface area contributed by atoms with Gasteiger partial charge in [-0.05, 0) is 49.2 Å². The van der Waals surface area contributed by atoms with Crippen LogP contribution in [0.15, 0.2) is 42.5 Å². The Labute approximate surface area is 166 Å². The molecule has 0 radical (unpaired) electrons. The molecule has 3 aromatic rings. The summed E-state index contributed by atoms with van der Waals surface area (Å²) in [6.45, 7) is 1.23. The molecule has 1 atom stereocenters. The number of anilines is 1. The second-order valence-corrected chi connectivity index (χ2v) is 7.83. The first kappa shape index (κ1) is 18.2. The number of halogens is 1. The van der Waals surface area contributed by atoms with Gasteiger partial charge in [0.25, 0.3) is 5.91 Å². The van der Waals surface area contributed by atoms with Crippen LogP contribution in [0.1, 0.15) is 23.2 Å². The average Bonchev–Trinajstić information content (AvgIpc) is 3.34. The Hall–Kier alpha value is -2.15. The van der Waals surface area contributed by atoms with Crippen molar-refractivity contribution in [2.24, 2.45) is 0 Å². The van der Waals surface area contributed by atoms with Gasteiger partial charge in [0.2, 0.25) is 0 Å². The predicted molar refractivity (Wildman–Crippen MR) is 108 cm³/mol. The van der Waals surface area contributed by atoms with Crippen molar-refractivity contribution in [3.05, 3.63) is 53.1 Å². The van der Waals surface area contributed by atoms with E-state index in [4.69, 9.17) is 21.1 Å². The number of fused-ring (bicyclic) bond motifs is 1. The first-order valence-electron chi connectivity index (χ1n) is 8.77. The zero-order chi connectivity index (χ0) is 18.8. The highest BCUT2D eigenvalue weighted by atomic mass is 35.5. The number of hydrogen-bond donors (Lipinski definition) is 0. The highest BCUT2D eigenvalue weighted by Crippen LogP contribution is 2.32. The van der Waals surface area contributed by atoms with Crippen LogP contribution in [0, 0.1) is 0 Å². The second kappa shape index (κ2) is 7.84. The number of thiazole rings is 1. The monoisotopic (exact) mass is 402 g/mol. The van der Waals surface area contributed by atoms with Gasteiger partial charge in [-0.15, -0.1) is 0 Å². The fraction of sp³-hybridized carbons (Fsp3) is 0.300. The molecule has 5 nitrogen and oxygen atoms in total. The maximum absolute atomic E-state index is 13.2. The molecule has 140 valence electrons. The second-order valence-electron chi connectivity index (χ2n) is 6.39. The third-order valence-electron chi connectivity index (χ3n) is 4.56. The first-order valence-corrected chi connectivity index (χ1v) is 9.97. The van der Waals surface area contributed by atoms with Gasteiger partial charge in [0.05, 0.1) is 30.0 Å². The molecule has 2 aromatic carbocycles. The van der Waals surface area contributed by atoms with Crippen molar-refractivity contribution in [1.29, 1.82) is 0 Å². The van der Waals surface area contributed by atoms with Crippen molar-refractivity contribution in [1.82, 2.24) is 4.98 Å². The molecule has 2 heterocycles. The van der Waals surface area contributed by atoms with Crippen molar-refractivity contribution >= 4 is 44.2 Å². The standard InChI is InChI=1S/C20H19ClN2O3S/c1-25-15-8-9-18-17(11-15)22-20(27-18)23(12-16-3-2-10-26-16)19(24)13-4-6-14(21)7-5-13/h4-9,11,16H,2-3,10,12H2,1H3. The Kier molecular flexibility index (Phi) is 5.29. The lowest BCUT2D eigenvalue weighted by Crippen LogP contribution is -2.37. The maximum atomic E-state index is 13.2. The third-order valence-corrected chi connectivity index (χ3v) is 5.87. The number of carbonyl (C=O) groups is 1. The van der Waals surface area contributed by atoms with Gasteiger partial charge in [0, 0.05) is 23.3 Å². The number of aromatic nitrogens is 1. The number of hydrogen-bond acceptors (Lipinski definition) is 5. The summed E-state index contributed by atoms with van der Waals surface area (Å²) in [6, 6.07) is 12.7. The Morgan fingerprint density at radius 3 is 2.85 bits per heavy atom. The van der Waals surface area contributed by atoms with E-state index in [1.807, 2.05) is 18.2 Å². The highest BCUT2D eigenvalue weighted by Gasteiger charge is 2.27. The number of benzene rings is 2. The van der Waals surface area contributed by atoms with E-state index in [2.05, 4.69) is 4.98 Å². The largest absolute Gasteiger partial charge is 0.497 e. The lowest BCUT2D eigenvalue weighted by atomic mass is 10.2. The molecule has 1 aliphatic rings. The molecule has 1 aliphatic heterocycles.